The highest BCUT2D eigenvalue weighted by molar-refractivity contribution is 5.94. The molecule has 5 rings (SSSR count). The van der Waals surface area contributed by atoms with Crippen LogP contribution in [0.1, 0.15) is 11.1 Å². The largest absolute Gasteiger partial charge is 0.307 e. The quantitative estimate of drug-likeness (QED) is 0.462. The van der Waals surface area contributed by atoms with E-state index in [0.29, 0.717) is 16.9 Å². The molecule has 0 aliphatic carbocycles. The number of aromatic amines is 1. The summed E-state index contributed by atoms with van der Waals surface area (Å²) in [5.41, 5.74) is 6.37. The summed E-state index contributed by atoms with van der Waals surface area (Å²) in [5, 5.41) is 11.2. The van der Waals surface area contributed by atoms with E-state index in [1.54, 1.807) is 18.3 Å². The van der Waals surface area contributed by atoms with Crippen LogP contribution in [0.2, 0.25) is 0 Å². The lowest BCUT2D eigenvalue weighted by atomic mass is 9.94. The van der Waals surface area contributed by atoms with Crippen LogP contribution in [0.25, 0.3) is 44.3 Å². The molecule has 5 heteroatoms. The van der Waals surface area contributed by atoms with Crippen molar-refractivity contribution in [3.05, 3.63) is 94.4 Å². The number of hydrogen-bond acceptors (Lipinski definition) is 4. The summed E-state index contributed by atoms with van der Waals surface area (Å²) in [6.07, 6.45) is 1.79. The number of fused-ring (bicyclic) bond motifs is 2. The van der Waals surface area contributed by atoms with Gasteiger partial charge in [0.1, 0.15) is 5.65 Å². The molecule has 0 unspecified atom stereocenters. The topological polar surface area (TPSA) is 82.4 Å². The van der Waals surface area contributed by atoms with Gasteiger partial charge in [0.05, 0.1) is 22.8 Å². The minimum absolute atomic E-state index is 0.202. The number of nitrogens with zero attached hydrogens (tertiary/aromatic N) is 3. The van der Waals surface area contributed by atoms with Gasteiger partial charge in [-0.3, -0.25) is 9.78 Å². The van der Waals surface area contributed by atoms with Crippen molar-refractivity contribution in [1.82, 2.24) is 15.0 Å². The molecular weight excluding hydrogens is 372 g/mol. The Bertz CT molecular complexity index is 1540. The van der Waals surface area contributed by atoms with E-state index in [1.807, 2.05) is 43.3 Å². The van der Waals surface area contributed by atoms with Gasteiger partial charge in [-0.25, -0.2) is 4.98 Å². The van der Waals surface area contributed by atoms with E-state index in [1.165, 1.54) is 6.07 Å². The molecule has 3 aromatic heterocycles. The number of aryl methyl sites for hydroxylation is 1. The first-order valence-electron chi connectivity index (χ1n) is 9.53. The van der Waals surface area contributed by atoms with Crippen LogP contribution in [-0.4, -0.2) is 15.0 Å². The Kier molecular flexibility index (Phi) is 4.11. The monoisotopic (exact) mass is 388 g/mol. The van der Waals surface area contributed by atoms with E-state index < -0.39 is 0 Å². The van der Waals surface area contributed by atoms with Gasteiger partial charge < -0.3 is 4.98 Å². The first-order chi connectivity index (χ1) is 14.6. The van der Waals surface area contributed by atoms with Crippen LogP contribution in [0, 0.1) is 18.3 Å². The molecule has 2 aromatic carbocycles. The minimum atomic E-state index is -0.202. The predicted octanol–water partition coefficient (Wildman–Crippen LogP) is 4.99. The summed E-state index contributed by atoms with van der Waals surface area (Å²) >= 11 is 0. The van der Waals surface area contributed by atoms with E-state index in [9.17, 15) is 10.1 Å². The molecule has 0 aliphatic rings. The lowest BCUT2D eigenvalue weighted by molar-refractivity contribution is 1.23. The van der Waals surface area contributed by atoms with E-state index >= 15 is 0 Å². The minimum Gasteiger partial charge on any atom is -0.307 e. The molecule has 0 saturated carbocycles. The Morgan fingerprint density at radius 1 is 0.933 bits per heavy atom. The van der Waals surface area contributed by atoms with Gasteiger partial charge in [0.2, 0.25) is 5.56 Å². The number of aromatic nitrogens is 3. The predicted molar refractivity (Wildman–Crippen MR) is 118 cm³/mol. The maximum atomic E-state index is 11.8. The van der Waals surface area contributed by atoms with Crippen LogP contribution in [0.3, 0.4) is 0 Å². The molecule has 0 aliphatic heterocycles. The Balaban J connectivity index is 1.85. The first-order valence-corrected chi connectivity index (χ1v) is 9.53. The number of nitriles is 1. The van der Waals surface area contributed by atoms with Crippen LogP contribution in [0.5, 0.6) is 0 Å². The van der Waals surface area contributed by atoms with Crippen molar-refractivity contribution in [2.45, 2.75) is 6.92 Å². The normalized spacial score (nSPS) is 10.9. The molecule has 1 N–H and O–H groups in total. The fraction of sp³-hybridized carbons (Fsp3) is 0.0400. The van der Waals surface area contributed by atoms with Crippen LogP contribution >= 0.6 is 0 Å². The first kappa shape index (κ1) is 17.8. The summed E-state index contributed by atoms with van der Waals surface area (Å²) in [7, 11) is 0. The lowest BCUT2D eigenvalue weighted by Gasteiger charge is -2.13. The molecule has 0 spiro atoms. The molecule has 0 saturated heterocycles. The Morgan fingerprint density at radius 2 is 1.83 bits per heavy atom. The lowest BCUT2D eigenvalue weighted by Crippen LogP contribution is -2.04. The molecule has 0 atom stereocenters. The number of rotatable bonds is 2. The van der Waals surface area contributed by atoms with Crippen LogP contribution in [0.15, 0.2) is 77.7 Å². The molecule has 142 valence electrons. The van der Waals surface area contributed by atoms with E-state index in [-0.39, 0.29) is 5.56 Å². The fourth-order valence-corrected chi connectivity index (χ4v) is 3.79. The van der Waals surface area contributed by atoms with Gasteiger partial charge in [-0.05, 0) is 60.5 Å². The highest BCUT2D eigenvalue weighted by Crippen LogP contribution is 2.35. The molecule has 0 bridgehead atoms. The molecular formula is C25H16N4O. The zero-order valence-electron chi connectivity index (χ0n) is 16.2. The third kappa shape index (κ3) is 3.01. The third-order valence-electron chi connectivity index (χ3n) is 5.18. The SMILES string of the molecule is Cc1cc(-c2cc3ccc(=O)[nH]c3nc2-c2cccc(C#N)c2)cc2cccnc12. The average Bonchev–Trinajstić information content (AvgIpc) is 2.78. The third-order valence-corrected chi connectivity index (χ3v) is 5.18. The molecule has 0 amide bonds. The van der Waals surface area contributed by atoms with Crippen molar-refractivity contribution in [2.75, 3.05) is 0 Å². The molecule has 30 heavy (non-hydrogen) atoms. The Morgan fingerprint density at radius 3 is 2.70 bits per heavy atom. The van der Waals surface area contributed by atoms with Gasteiger partial charge in [0.25, 0.3) is 0 Å². The fourth-order valence-electron chi connectivity index (χ4n) is 3.79. The zero-order valence-corrected chi connectivity index (χ0v) is 16.2. The average molecular weight is 388 g/mol. The molecule has 5 aromatic rings. The number of pyridine rings is 3. The van der Waals surface area contributed by atoms with Crippen molar-refractivity contribution < 1.29 is 0 Å². The van der Waals surface area contributed by atoms with Crippen molar-refractivity contribution >= 4 is 21.9 Å². The van der Waals surface area contributed by atoms with Crippen molar-refractivity contribution in [1.29, 1.82) is 5.26 Å². The number of H-pyrrole nitrogens is 1. The van der Waals surface area contributed by atoms with Gasteiger partial charge >= 0.3 is 0 Å². The summed E-state index contributed by atoms with van der Waals surface area (Å²) in [4.78, 5) is 23.9. The number of nitrogens with one attached hydrogen (secondary N) is 1. The molecule has 0 fully saturated rings. The maximum absolute atomic E-state index is 11.8. The van der Waals surface area contributed by atoms with Gasteiger partial charge in [0, 0.05) is 34.2 Å². The molecule has 0 radical (unpaired) electrons. The van der Waals surface area contributed by atoms with Crippen LogP contribution in [-0.2, 0) is 0 Å². The van der Waals surface area contributed by atoms with E-state index in [0.717, 1.165) is 38.5 Å². The Labute approximate surface area is 172 Å². The van der Waals surface area contributed by atoms with Gasteiger partial charge in [-0.15, -0.1) is 0 Å². The highest BCUT2D eigenvalue weighted by Gasteiger charge is 2.14. The smallest absolute Gasteiger partial charge is 0.249 e. The summed E-state index contributed by atoms with van der Waals surface area (Å²) in [5.74, 6) is 0. The van der Waals surface area contributed by atoms with Crippen molar-refractivity contribution in [3.8, 4) is 28.5 Å². The molecule has 3 heterocycles. The van der Waals surface area contributed by atoms with Crippen LogP contribution in [0.4, 0.5) is 0 Å². The summed E-state index contributed by atoms with van der Waals surface area (Å²) in [6.45, 7) is 2.04. The standard InChI is InChI=1S/C25H16N4O/c1-15-10-20(12-18-6-3-9-27-23(15)18)21-13-19-7-8-22(30)28-25(19)29-24(21)17-5-2-4-16(11-17)14-26/h2-13H,1H3,(H,28,29,30). The van der Waals surface area contributed by atoms with Crippen LogP contribution < -0.4 is 5.56 Å². The summed E-state index contributed by atoms with van der Waals surface area (Å²) in [6, 6.07) is 23.0. The highest BCUT2D eigenvalue weighted by atomic mass is 16.1. The number of hydrogen-bond donors (Lipinski definition) is 1. The van der Waals surface area contributed by atoms with Gasteiger partial charge in [0.15, 0.2) is 0 Å². The second-order valence-corrected chi connectivity index (χ2v) is 7.21. The Hall–Kier alpha value is -4.30. The van der Waals surface area contributed by atoms with Gasteiger partial charge in [-0.2, -0.15) is 5.26 Å². The van der Waals surface area contributed by atoms with Crippen molar-refractivity contribution in [3.63, 3.8) is 0 Å². The van der Waals surface area contributed by atoms with E-state index in [4.69, 9.17) is 4.98 Å². The summed E-state index contributed by atoms with van der Waals surface area (Å²) < 4.78 is 0. The van der Waals surface area contributed by atoms with Crippen molar-refractivity contribution in [2.24, 2.45) is 0 Å². The second kappa shape index (κ2) is 6.94. The second-order valence-electron chi connectivity index (χ2n) is 7.21. The molecule has 5 nitrogen and oxygen atoms in total. The zero-order chi connectivity index (χ0) is 20.7. The number of benzene rings is 2. The van der Waals surface area contributed by atoms with Gasteiger partial charge in [-0.1, -0.05) is 18.2 Å². The van der Waals surface area contributed by atoms with E-state index in [2.05, 4.69) is 28.2 Å². The maximum Gasteiger partial charge on any atom is 0.249 e.